The van der Waals surface area contributed by atoms with Crippen LogP contribution in [0.4, 0.5) is 18.0 Å². The first-order valence-corrected chi connectivity index (χ1v) is 9.97. The average Bonchev–Trinajstić information content (AvgIpc) is 3.25. The number of ether oxygens (including phenoxy) is 1. The molecule has 11 heteroatoms. The van der Waals surface area contributed by atoms with Gasteiger partial charge in [0.05, 0.1) is 24.2 Å². The van der Waals surface area contributed by atoms with Crippen LogP contribution in [0.5, 0.6) is 0 Å². The number of hydrogen-bond acceptors (Lipinski definition) is 5. The molecule has 1 aromatic rings. The zero-order valence-corrected chi connectivity index (χ0v) is 17.5. The molecule has 2 aliphatic heterocycles. The molecule has 2 unspecified atom stereocenters. The maximum Gasteiger partial charge on any atom is 0.416 e. The summed E-state index contributed by atoms with van der Waals surface area (Å²) in [6.07, 6.45) is -2.93. The molecule has 2 aliphatic rings. The van der Waals surface area contributed by atoms with Crippen LogP contribution < -0.4 is 5.32 Å². The van der Waals surface area contributed by atoms with Crippen molar-refractivity contribution in [2.24, 2.45) is 0 Å². The smallest absolute Gasteiger partial charge is 0.416 e. The van der Waals surface area contributed by atoms with Gasteiger partial charge in [0.25, 0.3) is 5.91 Å². The molecule has 0 aromatic carbocycles. The van der Waals surface area contributed by atoms with Crippen molar-refractivity contribution < 1.29 is 32.3 Å². The summed E-state index contributed by atoms with van der Waals surface area (Å²) in [5.74, 6) is -1.23. The Hall–Kier alpha value is -2.85. The van der Waals surface area contributed by atoms with Crippen LogP contribution in [0.15, 0.2) is 18.3 Å². The van der Waals surface area contributed by atoms with Gasteiger partial charge in [0.1, 0.15) is 11.3 Å². The van der Waals surface area contributed by atoms with Gasteiger partial charge in [-0.3, -0.25) is 14.6 Å². The second kappa shape index (κ2) is 8.35. The van der Waals surface area contributed by atoms with Crippen molar-refractivity contribution in [3.05, 3.63) is 29.6 Å². The molecule has 3 amide bonds. The number of aromatic nitrogens is 1. The monoisotopic (exact) mass is 442 g/mol. The molecule has 0 aliphatic carbocycles. The van der Waals surface area contributed by atoms with Gasteiger partial charge in [-0.05, 0) is 45.7 Å². The molecule has 0 spiro atoms. The van der Waals surface area contributed by atoms with Crippen LogP contribution >= 0.6 is 0 Å². The van der Waals surface area contributed by atoms with Gasteiger partial charge in [0.2, 0.25) is 5.91 Å². The summed E-state index contributed by atoms with van der Waals surface area (Å²) < 4.78 is 43.8. The molecule has 1 aromatic heterocycles. The Kier molecular flexibility index (Phi) is 6.15. The highest BCUT2D eigenvalue weighted by atomic mass is 19.4. The average molecular weight is 442 g/mol. The highest BCUT2D eigenvalue weighted by Crippen LogP contribution is 2.33. The maximum absolute atomic E-state index is 12.8. The fourth-order valence-corrected chi connectivity index (χ4v) is 3.92. The number of likely N-dealkylation sites (tertiary alicyclic amines) is 2. The number of alkyl halides is 3. The molecule has 1 N–H and O–H groups in total. The van der Waals surface area contributed by atoms with Crippen LogP contribution in [0.25, 0.3) is 0 Å². The van der Waals surface area contributed by atoms with Crippen LogP contribution in [-0.2, 0) is 15.7 Å². The third kappa shape index (κ3) is 5.26. The molecule has 2 fully saturated rings. The molecule has 0 bridgehead atoms. The summed E-state index contributed by atoms with van der Waals surface area (Å²) in [7, 11) is 0. The van der Waals surface area contributed by atoms with E-state index in [2.05, 4.69) is 10.3 Å². The van der Waals surface area contributed by atoms with E-state index in [1.165, 1.54) is 0 Å². The van der Waals surface area contributed by atoms with E-state index in [-0.39, 0.29) is 24.5 Å². The summed E-state index contributed by atoms with van der Waals surface area (Å²) in [5, 5.41) is 2.33. The number of amides is 3. The number of fused-ring (bicyclic) bond motifs is 1. The van der Waals surface area contributed by atoms with Gasteiger partial charge in [0.15, 0.2) is 0 Å². The lowest BCUT2D eigenvalue weighted by Crippen LogP contribution is -2.45. The fraction of sp³-hybridized carbons (Fsp3) is 0.600. The lowest BCUT2D eigenvalue weighted by molar-refractivity contribution is -0.137. The third-order valence-corrected chi connectivity index (χ3v) is 5.24. The topological polar surface area (TPSA) is 91.8 Å². The second-order valence-corrected chi connectivity index (χ2v) is 8.58. The Balaban J connectivity index is 1.57. The van der Waals surface area contributed by atoms with Crippen LogP contribution in [0.1, 0.15) is 49.7 Å². The maximum atomic E-state index is 12.8. The number of nitrogens with one attached hydrogen (secondary N) is 1. The molecule has 3 rings (SSSR count). The van der Waals surface area contributed by atoms with Gasteiger partial charge >= 0.3 is 12.3 Å². The number of pyridine rings is 1. The summed E-state index contributed by atoms with van der Waals surface area (Å²) in [4.78, 5) is 44.1. The van der Waals surface area contributed by atoms with Gasteiger partial charge in [-0.1, -0.05) is 0 Å². The highest BCUT2D eigenvalue weighted by molar-refractivity contribution is 5.95. The van der Waals surface area contributed by atoms with Crippen molar-refractivity contribution in [1.29, 1.82) is 0 Å². The van der Waals surface area contributed by atoms with Crippen LogP contribution in [0.2, 0.25) is 0 Å². The van der Waals surface area contributed by atoms with E-state index in [4.69, 9.17) is 4.74 Å². The predicted molar refractivity (Wildman–Crippen MR) is 103 cm³/mol. The van der Waals surface area contributed by atoms with Crippen molar-refractivity contribution in [3.8, 4) is 0 Å². The first-order chi connectivity index (χ1) is 14.4. The Morgan fingerprint density at radius 3 is 2.35 bits per heavy atom. The number of hydrogen-bond donors (Lipinski definition) is 1. The molecule has 8 nitrogen and oxygen atoms in total. The summed E-state index contributed by atoms with van der Waals surface area (Å²) >= 11 is 0. The summed E-state index contributed by atoms with van der Waals surface area (Å²) in [6, 6.07) is 1.08. The molecular formula is C20H25F3N4O4. The normalized spacial score (nSPS) is 21.1. The predicted octanol–water partition coefficient (Wildman–Crippen LogP) is 2.44. The minimum atomic E-state index is -4.60. The standard InChI is InChI=1S/C20H25F3N4O4/c1-19(2,3)31-18(30)27-9-6-14-15(27)5-8-26(14)16(28)11-25-17(29)13-10-12(4-7-24-13)20(21,22)23/h4,7,10,14-15H,5-6,8-9,11H2,1-3H3,(H,25,29). The summed E-state index contributed by atoms with van der Waals surface area (Å²) in [6.45, 7) is 5.87. The Morgan fingerprint density at radius 2 is 1.74 bits per heavy atom. The lowest BCUT2D eigenvalue weighted by atomic mass is 10.1. The number of carbonyl (C=O) groups is 3. The van der Waals surface area contributed by atoms with Crippen molar-refractivity contribution in [2.75, 3.05) is 19.6 Å². The molecule has 170 valence electrons. The minimum Gasteiger partial charge on any atom is -0.444 e. The van der Waals surface area contributed by atoms with Crippen molar-refractivity contribution >= 4 is 17.9 Å². The second-order valence-electron chi connectivity index (χ2n) is 8.58. The zero-order chi connectivity index (χ0) is 23.0. The zero-order valence-electron chi connectivity index (χ0n) is 17.5. The third-order valence-electron chi connectivity index (χ3n) is 5.24. The fourth-order valence-electron chi connectivity index (χ4n) is 3.92. The van der Waals surface area contributed by atoms with Crippen LogP contribution in [0.3, 0.4) is 0 Å². The molecule has 2 atom stereocenters. The quantitative estimate of drug-likeness (QED) is 0.777. The Labute approximate surface area is 177 Å². The lowest BCUT2D eigenvalue weighted by Gasteiger charge is -2.28. The molecular weight excluding hydrogens is 417 g/mol. The van der Waals surface area contributed by atoms with Gasteiger partial charge in [-0.25, -0.2) is 4.79 Å². The van der Waals surface area contributed by atoms with E-state index in [9.17, 15) is 27.6 Å². The van der Waals surface area contributed by atoms with E-state index in [0.717, 1.165) is 12.3 Å². The Morgan fingerprint density at radius 1 is 1.13 bits per heavy atom. The number of nitrogens with zero attached hydrogens (tertiary/aromatic N) is 3. The van der Waals surface area contributed by atoms with E-state index in [1.807, 2.05) is 0 Å². The molecule has 0 radical (unpaired) electrons. The Bertz CT molecular complexity index is 869. The minimum absolute atomic E-state index is 0.153. The van der Waals surface area contributed by atoms with E-state index >= 15 is 0 Å². The van der Waals surface area contributed by atoms with Gasteiger partial charge < -0.3 is 19.9 Å². The van der Waals surface area contributed by atoms with Crippen molar-refractivity contribution in [3.63, 3.8) is 0 Å². The number of rotatable bonds is 3. The van der Waals surface area contributed by atoms with Gasteiger partial charge in [-0.15, -0.1) is 0 Å². The van der Waals surface area contributed by atoms with Crippen molar-refractivity contribution in [2.45, 2.75) is 57.5 Å². The SMILES string of the molecule is CC(C)(C)OC(=O)N1CCC2C1CCN2C(=O)CNC(=O)c1cc(C(F)(F)F)ccn1. The number of carbonyl (C=O) groups excluding carboxylic acids is 3. The van der Waals surface area contributed by atoms with Gasteiger partial charge in [-0.2, -0.15) is 13.2 Å². The van der Waals surface area contributed by atoms with E-state index in [0.29, 0.717) is 32.0 Å². The van der Waals surface area contributed by atoms with Crippen LogP contribution in [-0.4, -0.2) is 70.0 Å². The number of halogens is 3. The van der Waals surface area contributed by atoms with E-state index in [1.54, 1.807) is 30.6 Å². The highest BCUT2D eigenvalue weighted by Gasteiger charge is 2.47. The summed E-state index contributed by atoms with van der Waals surface area (Å²) in [5.41, 5.74) is -2.03. The van der Waals surface area contributed by atoms with Crippen LogP contribution in [0, 0.1) is 0 Å². The molecule has 31 heavy (non-hydrogen) atoms. The molecule has 0 saturated carbocycles. The molecule has 3 heterocycles. The first-order valence-electron chi connectivity index (χ1n) is 9.97. The molecule has 2 saturated heterocycles. The first kappa shape index (κ1) is 22.8. The largest absolute Gasteiger partial charge is 0.444 e. The van der Waals surface area contributed by atoms with Gasteiger partial charge in [0, 0.05) is 19.3 Å². The van der Waals surface area contributed by atoms with Crippen molar-refractivity contribution in [1.82, 2.24) is 20.1 Å². The van der Waals surface area contributed by atoms with E-state index < -0.39 is 35.0 Å².